The first-order chi connectivity index (χ1) is 19.8. The van der Waals surface area contributed by atoms with Crippen molar-refractivity contribution < 1.29 is 9.59 Å². The highest BCUT2D eigenvalue weighted by molar-refractivity contribution is 7.10. The van der Waals surface area contributed by atoms with Crippen molar-refractivity contribution in [3.63, 3.8) is 0 Å². The van der Waals surface area contributed by atoms with Gasteiger partial charge in [-0.2, -0.15) is 0 Å². The van der Waals surface area contributed by atoms with E-state index in [1.165, 1.54) is 21.6 Å². The Morgan fingerprint density at radius 3 is 2.27 bits per heavy atom. The molecule has 1 unspecified atom stereocenters. The number of benzene rings is 2. The van der Waals surface area contributed by atoms with E-state index in [-0.39, 0.29) is 42.3 Å². The third-order valence-electron chi connectivity index (χ3n) is 9.24. The van der Waals surface area contributed by atoms with Gasteiger partial charge in [0.15, 0.2) is 0 Å². The van der Waals surface area contributed by atoms with Crippen molar-refractivity contribution in [2.75, 3.05) is 34.2 Å². The summed E-state index contributed by atoms with van der Waals surface area (Å²) in [4.78, 5) is 33.8. The maximum absolute atomic E-state index is 13.0. The molecule has 7 heteroatoms. The standard InChI is InChI=1S/C34H44N4O2S/c1-36(2)34(31-10-7-23-41-31)20-17-29(18-21-34)35-32(39)15-16-33(40)37(3)30-19-22-38(25-30)24-26-11-13-28(14-12-26)27-8-5-4-6-9-27/h4-14,23,29-30H,15-22,24-25H2,1-3H3,(H,35,39). The molecule has 1 saturated carbocycles. The number of likely N-dealkylation sites (tertiary alicyclic amines) is 1. The van der Waals surface area contributed by atoms with Crippen LogP contribution in [0.4, 0.5) is 0 Å². The molecular weight excluding hydrogens is 528 g/mol. The second kappa shape index (κ2) is 13.3. The zero-order chi connectivity index (χ0) is 28.8. The second-order valence-corrected chi connectivity index (χ2v) is 12.9. The average Bonchev–Trinajstić information content (AvgIpc) is 3.70. The minimum atomic E-state index is -0.00257. The van der Waals surface area contributed by atoms with Crippen molar-refractivity contribution in [1.29, 1.82) is 0 Å². The van der Waals surface area contributed by atoms with Crippen LogP contribution in [-0.2, 0) is 21.7 Å². The molecule has 2 fully saturated rings. The van der Waals surface area contributed by atoms with Gasteiger partial charge in [-0.05, 0) is 74.3 Å². The van der Waals surface area contributed by atoms with Crippen LogP contribution in [0.25, 0.3) is 11.1 Å². The molecule has 218 valence electrons. The highest BCUT2D eigenvalue weighted by Crippen LogP contribution is 2.43. The Hall–Kier alpha value is -3.00. The number of nitrogens with zero attached hydrogens (tertiary/aromatic N) is 3. The Bertz CT molecular complexity index is 1270. The van der Waals surface area contributed by atoms with Gasteiger partial charge in [-0.15, -0.1) is 11.3 Å². The minimum absolute atomic E-state index is 0.00257. The van der Waals surface area contributed by atoms with Crippen molar-refractivity contribution in [2.24, 2.45) is 0 Å². The summed E-state index contributed by atoms with van der Waals surface area (Å²) in [6, 6.07) is 24.0. The van der Waals surface area contributed by atoms with Gasteiger partial charge in [0, 0.05) is 56.5 Å². The molecule has 1 aliphatic heterocycles. The molecule has 2 aliphatic rings. The normalized spacial score (nSPS) is 23.0. The molecule has 2 aromatic carbocycles. The van der Waals surface area contributed by atoms with E-state index in [2.05, 4.69) is 95.3 Å². The van der Waals surface area contributed by atoms with Gasteiger partial charge < -0.3 is 10.2 Å². The van der Waals surface area contributed by atoms with E-state index >= 15 is 0 Å². The number of hydrogen-bond acceptors (Lipinski definition) is 5. The maximum atomic E-state index is 13.0. The molecule has 3 aromatic rings. The lowest BCUT2D eigenvalue weighted by Gasteiger charge is -2.44. The van der Waals surface area contributed by atoms with E-state index in [0.29, 0.717) is 0 Å². The van der Waals surface area contributed by atoms with Crippen LogP contribution in [-0.4, -0.2) is 72.8 Å². The Morgan fingerprint density at radius 2 is 1.61 bits per heavy atom. The van der Waals surface area contributed by atoms with Crippen LogP contribution in [0.3, 0.4) is 0 Å². The van der Waals surface area contributed by atoms with E-state index in [9.17, 15) is 9.59 Å². The van der Waals surface area contributed by atoms with E-state index < -0.39 is 0 Å². The summed E-state index contributed by atoms with van der Waals surface area (Å²) in [5.41, 5.74) is 3.81. The van der Waals surface area contributed by atoms with Gasteiger partial charge in [-0.3, -0.25) is 19.4 Å². The van der Waals surface area contributed by atoms with Crippen LogP contribution in [0.5, 0.6) is 0 Å². The molecule has 1 aliphatic carbocycles. The fourth-order valence-electron chi connectivity index (χ4n) is 6.56. The first kappa shape index (κ1) is 29.5. The maximum Gasteiger partial charge on any atom is 0.223 e. The molecule has 1 atom stereocenters. The molecule has 2 heterocycles. The number of likely N-dealkylation sites (N-methyl/N-ethyl adjacent to an activating group) is 1. The van der Waals surface area contributed by atoms with Crippen LogP contribution < -0.4 is 5.32 Å². The number of amides is 2. The Kier molecular flexibility index (Phi) is 9.58. The number of carbonyl (C=O) groups excluding carboxylic acids is 2. The molecule has 6 nitrogen and oxygen atoms in total. The first-order valence-corrected chi connectivity index (χ1v) is 15.9. The summed E-state index contributed by atoms with van der Waals surface area (Å²) < 4.78 is 0. The average molecular weight is 573 g/mol. The lowest BCUT2D eigenvalue weighted by atomic mass is 9.77. The number of nitrogens with one attached hydrogen (secondary N) is 1. The second-order valence-electron chi connectivity index (χ2n) is 12.0. The Balaban J connectivity index is 1.03. The van der Waals surface area contributed by atoms with Crippen LogP contribution in [0.15, 0.2) is 72.1 Å². The number of rotatable bonds is 10. The van der Waals surface area contributed by atoms with Crippen molar-refractivity contribution in [3.05, 3.63) is 82.6 Å². The molecule has 1 saturated heterocycles. The van der Waals surface area contributed by atoms with Gasteiger partial charge in [-0.1, -0.05) is 60.7 Å². The monoisotopic (exact) mass is 572 g/mol. The van der Waals surface area contributed by atoms with Gasteiger partial charge in [0.2, 0.25) is 11.8 Å². The van der Waals surface area contributed by atoms with E-state index in [0.717, 1.165) is 51.7 Å². The van der Waals surface area contributed by atoms with Crippen molar-refractivity contribution in [2.45, 2.75) is 69.1 Å². The van der Waals surface area contributed by atoms with Gasteiger partial charge in [-0.25, -0.2) is 0 Å². The van der Waals surface area contributed by atoms with E-state index in [1.54, 1.807) is 0 Å². The largest absolute Gasteiger partial charge is 0.353 e. The molecule has 0 spiro atoms. The van der Waals surface area contributed by atoms with Gasteiger partial charge >= 0.3 is 0 Å². The van der Waals surface area contributed by atoms with Crippen LogP contribution in [0.2, 0.25) is 0 Å². The van der Waals surface area contributed by atoms with Gasteiger partial charge in [0.1, 0.15) is 0 Å². The predicted octanol–water partition coefficient (Wildman–Crippen LogP) is 5.74. The molecule has 1 aromatic heterocycles. The fraction of sp³-hybridized carbons (Fsp3) is 0.471. The molecule has 5 rings (SSSR count). The van der Waals surface area contributed by atoms with Crippen molar-refractivity contribution in [3.8, 4) is 11.1 Å². The lowest BCUT2D eigenvalue weighted by molar-refractivity contribution is -0.134. The molecule has 0 radical (unpaired) electrons. The predicted molar refractivity (Wildman–Crippen MR) is 168 cm³/mol. The summed E-state index contributed by atoms with van der Waals surface area (Å²) in [5, 5.41) is 5.37. The molecule has 2 amide bonds. The molecule has 0 bridgehead atoms. The topological polar surface area (TPSA) is 55.9 Å². The van der Waals surface area contributed by atoms with Gasteiger partial charge in [0.05, 0.1) is 5.54 Å². The molecular formula is C34H44N4O2S. The first-order valence-electron chi connectivity index (χ1n) is 15.0. The van der Waals surface area contributed by atoms with Crippen LogP contribution >= 0.6 is 11.3 Å². The third kappa shape index (κ3) is 7.08. The van der Waals surface area contributed by atoms with E-state index in [1.807, 2.05) is 29.4 Å². The van der Waals surface area contributed by atoms with Crippen molar-refractivity contribution in [1.82, 2.24) is 20.0 Å². The fourth-order valence-corrected chi connectivity index (χ4v) is 7.63. The van der Waals surface area contributed by atoms with Crippen LogP contribution in [0.1, 0.15) is 55.4 Å². The Labute approximate surface area is 249 Å². The zero-order valence-corrected chi connectivity index (χ0v) is 25.5. The third-order valence-corrected chi connectivity index (χ3v) is 10.3. The SMILES string of the molecule is CN(C(=O)CCC(=O)NC1CCC(c2cccs2)(N(C)C)CC1)C1CCN(Cc2ccc(-c3ccccc3)cc2)C1. The molecule has 1 N–H and O–H groups in total. The summed E-state index contributed by atoms with van der Waals surface area (Å²) in [6.45, 7) is 2.73. The van der Waals surface area contributed by atoms with Crippen LogP contribution in [0, 0.1) is 0 Å². The van der Waals surface area contributed by atoms with E-state index in [4.69, 9.17) is 0 Å². The minimum Gasteiger partial charge on any atom is -0.353 e. The van der Waals surface area contributed by atoms with Gasteiger partial charge in [0.25, 0.3) is 0 Å². The van der Waals surface area contributed by atoms with Crippen molar-refractivity contribution >= 4 is 23.2 Å². The number of thiophene rings is 1. The lowest BCUT2D eigenvalue weighted by Crippen LogP contribution is -2.48. The number of hydrogen-bond donors (Lipinski definition) is 1. The summed E-state index contributed by atoms with van der Waals surface area (Å²) in [5.74, 6) is 0.0596. The Morgan fingerprint density at radius 1 is 0.902 bits per heavy atom. The summed E-state index contributed by atoms with van der Waals surface area (Å²) in [6.07, 6.45) is 5.48. The highest BCUT2D eigenvalue weighted by Gasteiger charge is 2.40. The zero-order valence-electron chi connectivity index (χ0n) is 24.7. The smallest absolute Gasteiger partial charge is 0.223 e. The number of carbonyl (C=O) groups is 2. The molecule has 41 heavy (non-hydrogen) atoms. The summed E-state index contributed by atoms with van der Waals surface area (Å²) >= 11 is 1.82. The highest BCUT2D eigenvalue weighted by atomic mass is 32.1. The quantitative estimate of drug-likeness (QED) is 0.337. The summed E-state index contributed by atoms with van der Waals surface area (Å²) in [7, 11) is 6.22.